The van der Waals surface area contributed by atoms with Gasteiger partial charge in [0.05, 0.1) is 30.1 Å². The summed E-state index contributed by atoms with van der Waals surface area (Å²) in [5.74, 6) is -2.23. The summed E-state index contributed by atoms with van der Waals surface area (Å²) in [4.78, 5) is 42.9. The number of nitrogens with one attached hydrogen (secondary N) is 2. The molecule has 1 spiro atoms. The van der Waals surface area contributed by atoms with Crippen LogP contribution in [0.4, 0.5) is 0 Å². The van der Waals surface area contributed by atoms with Crippen LogP contribution in [-0.4, -0.2) is 64.2 Å². The Bertz CT molecular complexity index is 955. The lowest BCUT2D eigenvalue weighted by atomic mass is 9.66. The van der Waals surface area contributed by atoms with Gasteiger partial charge in [-0.05, 0) is 45.1 Å². The summed E-state index contributed by atoms with van der Waals surface area (Å²) in [6, 6.07) is 7.55. The normalized spacial score (nSPS) is 32.9. The second-order valence-corrected chi connectivity index (χ2v) is 10.6. The van der Waals surface area contributed by atoms with Crippen LogP contribution in [0.1, 0.15) is 71.4 Å². The summed E-state index contributed by atoms with van der Waals surface area (Å²) in [5.41, 5.74) is -1.16. The summed E-state index contributed by atoms with van der Waals surface area (Å²) in [6.07, 6.45) is 3.62. The Morgan fingerprint density at radius 1 is 1.17 bits per heavy atom. The molecule has 0 saturated carbocycles. The van der Waals surface area contributed by atoms with Crippen LogP contribution in [0, 0.1) is 11.8 Å². The molecule has 3 saturated heterocycles. The molecule has 4 rings (SSSR count). The fourth-order valence-corrected chi connectivity index (χ4v) is 6.61. The number of amides is 3. The Labute approximate surface area is 207 Å². The van der Waals surface area contributed by atoms with Crippen LogP contribution in [0.3, 0.4) is 0 Å². The molecule has 3 fully saturated rings. The lowest BCUT2D eigenvalue weighted by Crippen LogP contribution is -2.57. The standard InChI is InChI=1S/C27H39N3O5/c1-5-10-17(3)29-24(33)22-27-14-13-26(4,35-27)20(23(32)28-15-6-2)21(27)25(34)30(22)19(16-31)18-11-8-7-9-12-18/h7-9,11-12,17,19-22,31H,5-6,10,13-16H2,1-4H3,(H,28,32)(H,29,33)/t17?,19-,20+,21+,22?,26-,27?/m1/s1. The highest BCUT2D eigenvalue weighted by Crippen LogP contribution is 2.64. The number of aliphatic hydroxyl groups excluding tert-OH is 1. The van der Waals surface area contributed by atoms with E-state index in [4.69, 9.17) is 4.74 Å². The lowest BCUT2D eigenvalue weighted by Gasteiger charge is -2.37. The predicted molar refractivity (Wildman–Crippen MR) is 131 cm³/mol. The van der Waals surface area contributed by atoms with Crippen molar-refractivity contribution in [1.29, 1.82) is 0 Å². The largest absolute Gasteiger partial charge is 0.394 e. The van der Waals surface area contributed by atoms with Crippen LogP contribution in [0.15, 0.2) is 30.3 Å². The first-order valence-electron chi connectivity index (χ1n) is 13.0. The number of carbonyl (C=O) groups is 3. The molecule has 1 aromatic rings. The molecule has 0 aromatic heterocycles. The van der Waals surface area contributed by atoms with E-state index in [1.807, 2.05) is 51.1 Å². The van der Waals surface area contributed by atoms with Crippen LogP contribution in [-0.2, 0) is 19.1 Å². The van der Waals surface area contributed by atoms with E-state index in [0.29, 0.717) is 19.4 Å². The Hall–Kier alpha value is -2.45. The first kappa shape index (κ1) is 25.6. The van der Waals surface area contributed by atoms with Crippen molar-refractivity contribution in [3.63, 3.8) is 0 Å². The van der Waals surface area contributed by atoms with E-state index >= 15 is 0 Å². The third-order valence-electron chi connectivity index (χ3n) is 8.10. The number of aliphatic hydroxyl groups is 1. The van der Waals surface area contributed by atoms with Crippen molar-refractivity contribution in [2.24, 2.45) is 11.8 Å². The van der Waals surface area contributed by atoms with Gasteiger partial charge in [-0.3, -0.25) is 14.4 Å². The molecule has 3 amide bonds. The number of likely N-dealkylation sites (tertiary alicyclic amines) is 1. The molecule has 192 valence electrons. The Morgan fingerprint density at radius 2 is 1.89 bits per heavy atom. The average molecular weight is 486 g/mol. The molecule has 0 aliphatic carbocycles. The fourth-order valence-electron chi connectivity index (χ4n) is 6.61. The molecule has 3 unspecified atom stereocenters. The van der Waals surface area contributed by atoms with Gasteiger partial charge in [-0.1, -0.05) is 50.6 Å². The number of carbonyl (C=O) groups excluding carboxylic acids is 3. The quantitative estimate of drug-likeness (QED) is 0.471. The monoisotopic (exact) mass is 485 g/mol. The molecule has 2 bridgehead atoms. The first-order chi connectivity index (χ1) is 16.7. The molecule has 7 atom stereocenters. The summed E-state index contributed by atoms with van der Waals surface area (Å²) in [5, 5.41) is 16.5. The zero-order valence-corrected chi connectivity index (χ0v) is 21.3. The van der Waals surface area contributed by atoms with Gasteiger partial charge in [0, 0.05) is 12.6 Å². The summed E-state index contributed by atoms with van der Waals surface area (Å²) in [7, 11) is 0. The number of nitrogens with zero attached hydrogens (tertiary/aromatic N) is 1. The zero-order chi connectivity index (χ0) is 25.4. The Kier molecular flexibility index (Phi) is 7.25. The van der Waals surface area contributed by atoms with Crippen molar-refractivity contribution < 1.29 is 24.2 Å². The molecule has 3 heterocycles. The van der Waals surface area contributed by atoms with Gasteiger partial charge in [0.1, 0.15) is 11.6 Å². The first-order valence-corrected chi connectivity index (χ1v) is 13.0. The van der Waals surface area contributed by atoms with Gasteiger partial charge in [-0.2, -0.15) is 0 Å². The van der Waals surface area contributed by atoms with Crippen LogP contribution in [0.2, 0.25) is 0 Å². The van der Waals surface area contributed by atoms with Gasteiger partial charge in [0.15, 0.2) is 0 Å². The van der Waals surface area contributed by atoms with Crippen LogP contribution in [0.25, 0.3) is 0 Å². The summed E-state index contributed by atoms with van der Waals surface area (Å²) >= 11 is 0. The maximum absolute atomic E-state index is 14.2. The van der Waals surface area contributed by atoms with E-state index < -0.39 is 35.1 Å². The van der Waals surface area contributed by atoms with Gasteiger partial charge in [0.2, 0.25) is 17.7 Å². The molecule has 1 aromatic carbocycles. The third kappa shape index (κ3) is 4.14. The summed E-state index contributed by atoms with van der Waals surface area (Å²) < 4.78 is 6.63. The minimum absolute atomic E-state index is 0.0676. The van der Waals surface area contributed by atoms with Crippen molar-refractivity contribution in [3.05, 3.63) is 35.9 Å². The van der Waals surface area contributed by atoms with Crippen molar-refractivity contribution in [1.82, 2.24) is 15.5 Å². The highest BCUT2D eigenvalue weighted by Gasteiger charge is 2.78. The van der Waals surface area contributed by atoms with Gasteiger partial charge >= 0.3 is 0 Å². The Morgan fingerprint density at radius 3 is 2.51 bits per heavy atom. The SMILES string of the molecule is CCCNC(=O)[C@@H]1[C@H]2C(=O)N([C@H](CO)c3ccccc3)C(C(=O)NC(C)CCC)C23CC[C@@]1(C)O3. The smallest absolute Gasteiger partial charge is 0.246 e. The molecular weight excluding hydrogens is 446 g/mol. The highest BCUT2D eigenvalue weighted by atomic mass is 16.5. The minimum Gasteiger partial charge on any atom is -0.394 e. The second-order valence-electron chi connectivity index (χ2n) is 10.6. The van der Waals surface area contributed by atoms with Crippen LogP contribution < -0.4 is 10.6 Å². The third-order valence-corrected chi connectivity index (χ3v) is 8.10. The maximum Gasteiger partial charge on any atom is 0.246 e. The molecular formula is C27H39N3O5. The highest BCUT2D eigenvalue weighted by molar-refractivity contribution is 5.99. The average Bonchev–Trinajstić information content (AvgIpc) is 3.40. The Balaban J connectivity index is 1.78. The number of hydrogen-bond donors (Lipinski definition) is 3. The van der Waals surface area contributed by atoms with Crippen LogP contribution >= 0.6 is 0 Å². The number of ether oxygens (including phenoxy) is 1. The number of fused-ring (bicyclic) bond motifs is 1. The van der Waals surface area contributed by atoms with E-state index in [1.165, 1.54) is 4.90 Å². The van der Waals surface area contributed by atoms with Gasteiger partial charge < -0.3 is 25.4 Å². The second kappa shape index (κ2) is 9.90. The predicted octanol–water partition coefficient (Wildman–Crippen LogP) is 2.32. The van der Waals surface area contributed by atoms with E-state index in [-0.39, 0.29) is 30.4 Å². The summed E-state index contributed by atoms with van der Waals surface area (Å²) in [6.45, 7) is 8.06. The minimum atomic E-state index is -1.10. The van der Waals surface area contributed by atoms with Crippen LogP contribution in [0.5, 0.6) is 0 Å². The molecule has 3 N–H and O–H groups in total. The van der Waals surface area contributed by atoms with E-state index in [9.17, 15) is 19.5 Å². The molecule has 0 radical (unpaired) electrons. The van der Waals surface area contributed by atoms with E-state index in [0.717, 1.165) is 24.8 Å². The van der Waals surface area contributed by atoms with E-state index in [2.05, 4.69) is 17.6 Å². The van der Waals surface area contributed by atoms with Crippen molar-refractivity contribution in [3.8, 4) is 0 Å². The molecule has 3 aliphatic rings. The van der Waals surface area contributed by atoms with Crippen molar-refractivity contribution in [2.75, 3.05) is 13.2 Å². The number of benzene rings is 1. The maximum atomic E-state index is 14.2. The number of hydrogen-bond acceptors (Lipinski definition) is 5. The zero-order valence-electron chi connectivity index (χ0n) is 21.3. The van der Waals surface area contributed by atoms with E-state index in [1.54, 1.807) is 0 Å². The molecule has 8 nitrogen and oxygen atoms in total. The van der Waals surface area contributed by atoms with Crippen molar-refractivity contribution >= 4 is 17.7 Å². The topological polar surface area (TPSA) is 108 Å². The molecule has 35 heavy (non-hydrogen) atoms. The molecule has 3 aliphatic heterocycles. The van der Waals surface area contributed by atoms with Gasteiger partial charge in [-0.25, -0.2) is 0 Å². The fraction of sp³-hybridized carbons (Fsp3) is 0.667. The lowest BCUT2D eigenvalue weighted by molar-refractivity contribution is -0.150. The van der Waals surface area contributed by atoms with Gasteiger partial charge in [0.25, 0.3) is 0 Å². The number of rotatable bonds is 10. The van der Waals surface area contributed by atoms with Crippen molar-refractivity contribution in [2.45, 2.75) is 89.1 Å². The van der Waals surface area contributed by atoms with Gasteiger partial charge in [-0.15, -0.1) is 0 Å². The molecule has 8 heteroatoms.